The van der Waals surface area contributed by atoms with Gasteiger partial charge in [-0.15, -0.1) is 0 Å². The molecule has 4 heterocycles. The van der Waals surface area contributed by atoms with Crippen LogP contribution >= 0.6 is 0 Å². The largest absolute Gasteiger partial charge is 0.309 e. The zero-order valence-corrected chi connectivity index (χ0v) is 12.7. The van der Waals surface area contributed by atoms with Crippen LogP contribution in [0.5, 0.6) is 0 Å². The van der Waals surface area contributed by atoms with Crippen LogP contribution in [-0.2, 0) is 6.54 Å². The van der Waals surface area contributed by atoms with Crippen LogP contribution in [0.1, 0.15) is 5.56 Å². The van der Waals surface area contributed by atoms with Crippen LogP contribution in [0.2, 0.25) is 0 Å². The molecule has 22 heavy (non-hydrogen) atoms. The minimum absolute atomic E-state index is 0.571. The maximum Gasteiger partial charge on any atom is 0.228 e. The second-order valence-corrected chi connectivity index (χ2v) is 6.57. The lowest BCUT2D eigenvalue weighted by atomic mass is 9.73. The first-order valence-electron chi connectivity index (χ1n) is 7.61. The van der Waals surface area contributed by atoms with Gasteiger partial charge < -0.3 is 10.2 Å². The van der Waals surface area contributed by atoms with Crippen molar-refractivity contribution in [3.05, 3.63) is 42.4 Å². The summed E-state index contributed by atoms with van der Waals surface area (Å²) in [5.74, 6) is 1.34. The summed E-state index contributed by atoms with van der Waals surface area (Å²) < 4.78 is 0. The highest BCUT2D eigenvalue weighted by Gasteiger charge is 2.49. The van der Waals surface area contributed by atoms with Gasteiger partial charge in [-0.25, -0.2) is 15.0 Å². The number of rotatable bonds is 4. The molecule has 0 radical (unpaired) electrons. The molecule has 2 aliphatic heterocycles. The summed E-state index contributed by atoms with van der Waals surface area (Å²) >= 11 is 0. The first kappa shape index (κ1) is 13.6. The number of aromatic nitrogens is 3. The summed E-state index contributed by atoms with van der Waals surface area (Å²) in [6, 6.07) is 5.90. The van der Waals surface area contributed by atoms with Crippen molar-refractivity contribution in [3.63, 3.8) is 0 Å². The third kappa shape index (κ3) is 2.67. The Hall–Kier alpha value is -2.05. The molecule has 0 bridgehead atoms. The Bertz CT molecular complexity index is 627. The Kier molecular flexibility index (Phi) is 3.28. The van der Waals surface area contributed by atoms with Gasteiger partial charge in [-0.05, 0) is 24.7 Å². The van der Waals surface area contributed by atoms with Gasteiger partial charge in [0.25, 0.3) is 0 Å². The molecule has 0 amide bonds. The lowest BCUT2D eigenvalue weighted by Gasteiger charge is -2.59. The van der Waals surface area contributed by atoms with Crippen LogP contribution < -0.4 is 5.32 Å². The Morgan fingerprint density at radius 2 is 1.86 bits per heavy atom. The summed E-state index contributed by atoms with van der Waals surface area (Å²) in [6.45, 7) is 5.92. The van der Waals surface area contributed by atoms with Crippen molar-refractivity contribution in [2.45, 2.75) is 6.54 Å². The molecule has 0 unspecified atom stereocenters. The van der Waals surface area contributed by atoms with Crippen molar-refractivity contribution in [3.8, 4) is 0 Å². The van der Waals surface area contributed by atoms with Gasteiger partial charge in [-0.3, -0.25) is 4.90 Å². The Morgan fingerprint density at radius 3 is 2.50 bits per heavy atom. The molecule has 6 nitrogen and oxygen atoms in total. The fourth-order valence-corrected chi connectivity index (χ4v) is 3.64. The molecule has 114 valence electrons. The van der Waals surface area contributed by atoms with Crippen molar-refractivity contribution in [2.75, 3.05) is 38.5 Å². The molecular formula is C16H20N6. The molecule has 0 atom stereocenters. The summed E-state index contributed by atoms with van der Waals surface area (Å²) in [7, 11) is 2.19. The molecule has 6 heteroatoms. The van der Waals surface area contributed by atoms with Gasteiger partial charge in [0.2, 0.25) is 5.95 Å². The highest BCUT2D eigenvalue weighted by molar-refractivity contribution is 5.47. The number of anilines is 2. The van der Waals surface area contributed by atoms with Crippen molar-refractivity contribution < 1.29 is 0 Å². The third-order valence-corrected chi connectivity index (χ3v) is 4.37. The van der Waals surface area contributed by atoms with E-state index in [0.29, 0.717) is 11.4 Å². The van der Waals surface area contributed by atoms with E-state index in [-0.39, 0.29) is 0 Å². The van der Waals surface area contributed by atoms with Gasteiger partial charge in [-0.2, -0.15) is 0 Å². The summed E-state index contributed by atoms with van der Waals surface area (Å²) in [4.78, 5) is 17.6. The number of nitrogens with one attached hydrogen (secondary N) is 1. The topological polar surface area (TPSA) is 57.2 Å². The molecule has 1 spiro atoms. The Labute approximate surface area is 130 Å². The number of hydrogen-bond acceptors (Lipinski definition) is 6. The van der Waals surface area contributed by atoms with Crippen LogP contribution in [0, 0.1) is 5.41 Å². The average Bonchev–Trinajstić information content (AvgIpc) is 2.46. The smallest absolute Gasteiger partial charge is 0.228 e. The monoisotopic (exact) mass is 296 g/mol. The van der Waals surface area contributed by atoms with E-state index >= 15 is 0 Å². The molecule has 4 rings (SSSR count). The second kappa shape index (κ2) is 5.30. The van der Waals surface area contributed by atoms with Crippen LogP contribution in [-0.4, -0.2) is 58.0 Å². The zero-order chi connectivity index (χ0) is 15.0. The quantitative estimate of drug-likeness (QED) is 0.919. The minimum atomic E-state index is 0.571. The van der Waals surface area contributed by atoms with Crippen molar-refractivity contribution in [2.24, 2.45) is 5.41 Å². The lowest BCUT2D eigenvalue weighted by molar-refractivity contribution is -0.107. The van der Waals surface area contributed by atoms with E-state index in [0.717, 1.165) is 12.4 Å². The fourth-order valence-electron chi connectivity index (χ4n) is 3.64. The molecule has 2 saturated heterocycles. The maximum absolute atomic E-state index is 4.44. The van der Waals surface area contributed by atoms with Gasteiger partial charge >= 0.3 is 0 Å². The van der Waals surface area contributed by atoms with Crippen molar-refractivity contribution in [1.82, 2.24) is 24.8 Å². The van der Waals surface area contributed by atoms with Crippen LogP contribution in [0.3, 0.4) is 0 Å². The number of pyridine rings is 1. The molecule has 0 saturated carbocycles. The molecule has 1 N–H and O–H groups in total. The zero-order valence-electron chi connectivity index (χ0n) is 12.7. The Balaban J connectivity index is 1.31. The predicted molar refractivity (Wildman–Crippen MR) is 84.8 cm³/mol. The number of hydrogen-bond donors (Lipinski definition) is 1. The first-order valence-corrected chi connectivity index (χ1v) is 7.61. The van der Waals surface area contributed by atoms with Crippen LogP contribution in [0.25, 0.3) is 0 Å². The highest BCUT2D eigenvalue weighted by Crippen LogP contribution is 2.39. The molecule has 2 aromatic heterocycles. The van der Waals surface area contributed by atoms with Gasteiger partial charge in [0.1, 0.15) is 5.82 Å². The van der Waals surface area contributed by atoms with E-state index in [2.05, 4.69) is 43.2 Å². The van der Waals surface area contributed by atoms with Crippen LogP contribution in [0.15, 0.2) is 36.8 Å². The third-order valence-electron chi connectivity index (χ3n) is 4.37. The second-order valence-electron chi connectivity index (χ2n) is 6.57. The Morgan fingerprint density at radius 1 is 1.09 bits per heavy atom. The van der Waals surface area contributed by atoms with Crippen LogP contribution in [0.4, 0.5) is 11.8 Å². The van der Waals surface area contributed by atoms with E-state index in [9.17, 15) is 0 Å². The van der Waals surface area contributed by atoms with Crippen molar-refractivity contribution in [1.29, 1.82) is 0 Å². The van der Waals surface area contributed by atoms with E-state index in [1.165, 1.54) is 31.7 Å². The van der Waals surface area contributed by atoms with Gasteiger partial charge in [0.15, 0.2) is 0 Å². The number of likely N-dealkylation sites (tertiary alicyclic amines) is 2. The molecule has 2 aliphatic rings. The van der Waals surface area contributed by atoms with Crippen molar-refractivity contribution >= 4 is 11.8 Å². The van der Waals surface area contributed by atoms with Gasteiger partial charge in [0.05, 0.1) is 0 Å². The van der Waals surface area contributed by atoms with Gasteiger partial charge in [0, 0.05) is 56.7 Å². The molecule has 0 aromatic carbocycles. The SMILES string of the molecule is CN1CC2(C1)CN(Cc1ccc(Nc3ncccn3)nc1)C2. The fraction of sp³-hybridized carbons (Fsp3) is 0.438. The first-order chi connectivity index (χ1) is 10.7. The summed E-state index contributed by atoms with van der Waals surface area (Å²) in [6.07, 6.45) is 5.35. The normalized spacial score (nSPS) is 20.4. The molecule has 0 aliphatic carbocycles. The minimum Gasteiger partial charge on any atom is -0.309 e. The van der Waals surface area contributed by atoms with E-state index < -0.39 is 0 Å². The molecule has 2 aromatic rings. The van der Waals surface area contributed by atoms with E-state index in [1.807, 2.05) is 12.3 Å². The summed E-state index contributed by atoms with van der Waals surface area (Å²) in [5.41, 5.74) is 1.84. The lowest BCUT2D eigenvalue weighted by Crippen LogP contribution is -2.70. The standard InChI is InChI=1S/C16H20N6/c1-21-9-16(10-21)11-22(12-16)8-13-3-4-14(19-7-13)20-15-17-5-2-6-18-15/h2-7H,8-12H2,1H3,(H,17,18,19,20). The maximum atomic E-state index is 4.44. The average molecular weight is 296 g/mol. The predicted octanol–water partition coefficient (Wildman–Crippen LogP) is 1.36. The summed E-state index contributed by atoms with van der Waals surface area (Å²) in [5, 5.41) is 3.10. The highest BCUT2D eigenvalue weighted by atomic mass is 15.3. The number of nitrogens with zero attached hydrogens (tertiary/aromatic N) is 5. The van der Waals surface area contributed by atoms with Gasteiger partial charge in [-0.1, -0.05) is 6.07 Å². The molecular weight excluding hydrogens is 276 g/mol. The molecule has 2 fully saturated rings. The van der Waals surface area contributed by atoms with E-state index in [4.69, 9.17) is 0 Å². The van der Waals surface area contributed by atoms with E-state index in [1.54, 1.807) is 18.5 Å².